The van der Waals surface area contributed by atoms with Crippen LogP contribution < -0.4 is 5.32 Å². The lowest BCUT2D eigenvalue weighted by Gasteiger charge is -2.19. The fourth-order valence-corrected chi connectivity index (χ4v) is 3.73. The van der Waals surface area contributed by atoms with Gasteiger partial charge in [-0.05, 0) is 50.8 Å². The van der Waals surface area contributed by atoms with Gasteiger partial charge in [-0.3, -0.25) is 9.69 Å². The van der Waals surface area contributed by atoms with Crippen LogP contribution in [0, 0.1) is 6.92 Å². The van der Waals surface area contributed by atoms with Crippen molar-refractivity contribution in [1.82, 2.24) is 19.4 Å². The first-order chi connectivity index (χ1) is 13.0. The van der Waals surface area contributed by atoms with Crippen LogP contribution in [-0.4, -0.2) is 44.5 Å². The number of pyridine rings is 1. The maximum absolute atomic E-state index is 12.4. The molecule has 0 bridgehead atoms. The summed E-state index contributed by atoms with van der Waals surface area (Å²) in [5, 5.41) is 5.04. The van der Waals surface area contributed by atoms with Crippen LogP contribution in [0.25, 0.3) is 22.0 Å². The Bertz CT molecular complexity index is 993. The van der Waals surface area contributed by atoms with E-state index in [1.54, 1.807) is 0 Å². The van der Waals surface area contributed by atoms with Gasteiger partial charge in [0.25, 0.3) is 0 Å². The van der Waals surface area contributed by atoms with Crippen molar-refractivity contribution in [2.75, 3.05) is 18.4 Å². The molecule has 1 aliphatic heterocycles. The Kier molecular flexibility index (Phi) is 4.66. The molecule has 1 amide bonds. The van der Waals surface area contributed by atoms with Gasteiger partial charge in [0.1, 0.15) is 11.6 Å². The molecule has 0 spiro atoms. The summed E-state index contributed by atoms with van der Waals surface area (Å²) in [6.07, 6.45) is 6.02. The van der Waals surface area contributed by atoms with Crippen molar-refractivity contribution in [3.8, 4) is 11.3 Å². The molecule has 0 unspecified atom stereocenters. The highest BCUT2D eigenvalue weighted by atomic mass is 16.2. The van der Waals surface area contributed by atoms with Crippen molar-refractivity contribution in [2.24, 2.45) is 7.05 Å². The SMILES string of the molecule is Cc1ncc(-c2ccc3cnc(NC(=O)CN4CCC[C@@H]4C)cc3c2)n1C. The maximum Gasteiger partial charge on any atom is 0.239 e. The minimum absolute atomic E-state index is 0.00554. The zero-order valence-electron chi connectivity index (χ0n) is 16.1. The number of fused-ring (bicyclic) bond motifs is 1. The normalized spacial score (nSPS) is 17.5. The molecule has 1 aliphatic rings. The molecule has 0 saturated carbocycles. The van der Waals surface area contributed by atoms with Crippen LogP contribution in [-0.2, 0) is 11.8 Å². The molecule has 1 atom stereocenters. The number of hydrogen-bond donors (Lipinski definition) is 1. The molecule has 3 heterocycles. The van der Waals surface area contributed by atoms with E-state index in [1.165, 1.54) is 6.42 Å². The van der Waals surface area contributed by atoms with Crippen LogP contribution in [0.5, 0.6) is 0 Å². The van der Waals surface area contributed by atoms with E-state index >= 15 is 0 Å². The second-order valence-corrected chi connectivity index (χ2v) is 7.39. The number of carbonyl (C=O) groups is 1. The third kappa shape index (κ3) is 3.57. The lowest BCUT2D eigenvalue weighted by molar-refractivity contribution is -0.117. The summed E-state index contributed by atoms with van der Waals surface area (Å²) in [7, 11) is 2.01. The smallest absolute Gasteiger partial charge is 0.239 e. The van der Waals surface area contributed by atoms with Gasteiger partial charge in [0.2, 0.25) is 5.91 Å². The highest BCUT2D eigenvalue weighted by Crippen LogP contribution is 2.26. The molecule has 140 valence electrons. The van der Waals surface area contributed by atoms with Crippen molar-refractivity contribution in [2.45, 2.75) is 32.7 Å². The topological polar surface area (TPSA) is 63.1 Å². The van der Waals surface area contributed by atoms with Gasteiger partial charge in [-0.25, -0.2) is 9.97 Å². The molecule has 4 rings (SSSR count). The second kappa shape index (κ2) is 7.12. The molecule has 6 heteroatoms. The second-order valence-electron chi connectivity index (χ2n) is 7.39. The molecular weight excluding hydrogens is 338 g/mol. The number of benzene rings is 1. The molecule has 1 aromatic carbocycles. The van der Waals surface area contributed by atoms with Crippen molar-refractivity contribution in [1.29, 1.82) is 0 Å². The lowest BCUT2D eigenvalue weighted by Crippen LogP contribution is -2.35. The Labute approximate surface area is 159 Å². The van der Waals surface area contributed by atoms with Crippen LogP contribution >= 0.6 is 0 Å². The monoisotopic (exact) mass is 363 g/mol. The number of anilines is 1. The van der Waals surface area contributed by atoms with Crippen LogP contribution in [0.2, 0.25) is 0 Å². The number of aromatic nitrogens is 3. The Balaban J connectivity index is 1.55. The number of aryl methyl sites for hydroxylation is 1. The molecular formula is C21H25N5O. The number of nitrogens with one attached hydrogen (secondary N) is 1. The summed E-state index contributed by atoms with van der Waals surface area (Å²) in [5.74, 6) is 1.57. The van der Waals surface area contributed by atoms with Gasteiger partial charge in [0.15, 0.2) is 0 Å². The highest BCUT2D eigenvalue weighted by molar-refractivity contribution is 5.94. The molecule has 1 saturated heterocycles. The van der Waals surface area contributed by atoms with Gasteiger partial charge in [-0.2, -0.15) is 0 Å². The highest BCUT2D eigenvalue weighted by Gasteiger charge is 2.22. The van der Waals surface area contributed by atoms with Crippen molar-refractivity contribution >= 4 is 22.5 Å². The summed E-state index contributed by atoms with van der Waals surface area (Å²) < 4.78 is 2.07. The van der Waals surface area contributed by atoms with Crippen molar-refractivity contribution < 1.29 is 4.79 Å². The van der Waals surface area contributed by atoms with Gasteiger partial charge >= 0.3 is 0 Å². The number of hydrogen-bond acceptors (Lipinski definition) is 4. The van der Waals surface area contributed by atoms with E-state index in [1.807, 2.05) is 32.4 Å². The molecule has 1 fully saturated rings. The van der Waals surface area contributed by atoms with Crippen molar-refractivity contribution in [3.05, 3.63) is 42.5 Å². The predicted molar refractivity (Wildman–Crippen MR) is 108 cm³/mol. The average Bonchev–Trinajstić information content (AvgIpc) is 3.20. The number of imidazole rings is 1. The third-order valence-corrected chi connectivity index (χ3v) is 5.54. The molecule has 2 aromatic heterocycles. The molecule has 27 heavy (non-hydrogen) atoms. The van der Waals surface area contributed by atoms with Gasteiger partial charge in [-0.1, -0.05) is 12.1 Å². The summed E-state index contributed by atoms with van der Waals surface area (Å²) in [6, 6.07) is 8.66. The number of amides is 1. The summed E-state index contributed by atoms with van der Waals surface area (Å²) in [6.45, 7) is 5.59. The van der Waals surface area contributed by atoms with E-state index in [-0.39, 0.29) is 5.91 Å². The molecule has 6 nitrogen and oxygen atoms in total. The number of carbonyl (C=O) groups excluding carboxylic acids is 1. The van der Waals surface area contributed by atoms with E-state index in [4.69, 9.17) is 0 Å². The van der Waals surface area contributed by atoms with Crippen LogP contribution in [0.3, 0.4) is 0 Å². The first-order valence-corrected chi connectivity index (χ1v) is 9.43. The van der Waals surface area contributed by atoms with E-state index < -0.39 is 0 Å². The lowest BCUT2D eigenvalue weighted by atomic mass is 10.1. The summed E-state index contributed by atoms with van der Waals surface area (Å²) in [5.41, 5.74) is 2.17. The Morgan fingerprint density at radius 3 is 2.78 bits per heavy atom. The van der Waals surface area contributed by atoms with E-state index in [9.17, 15) is 4.79 Å². The summed E-state index contributed by atoms with van der Waals surface area (Å²) >= 11 is 0. The number of rotatable bonds is 4. The fraction of sp³-hybridized carbons (Fsp3) is 0.381. The van der Waals surface area contributed by atoms with E-state index in [2.05, 4.69) is 49.9 Å². The van der Waals surface area contributed by atoms with Crippen LogP contribution in [0.4, 0.5) is 5.82 Å². The van der Waals surface area contributed by atoms with Crippen LogP contribution in [0.15, 0.2) is 36.7 Å². The van der Waals surface area contributed by atoms with E-state index in [0.717, 1.165) is 40.8 Å². The molecule has 0 radical (unpaired) electrons. The molecule has 1 N–H and O–H groups in total. The first kappa shape index (κ1) is 17.7. The Morgan fingerprint density at radius 1 is 1.22 bits per heavy atom. The Hall–Kier alpha value is -2.73. The molecule has 0 aliphatic carbocycles. The predicted octanol–water partition coefficient (Wildman–Crippen LogP) is 3.37. The van der Waals surface area contributed by atoms with Gasteiger partial charge in [0, 0.05) is 30.2 Å². The Morgan fingerprint density at radius 2 is 2.07 bits per heavy atom. The third-order valence-electron chi connectivity index (χ3n) is 5.54. The first-order valence-electron chi connectivity index (χ1n) is 9.43. The van der Waals surface area contributed by atoms with Gasteiger partial charge in [0.05, 0.1) is 18.4 Å². The molecule has 3 aromatic rings. The van der Waals surface area contributed by atoms with Crippen LogP contribution in [0.1, 0.15) is 25.6 Å². The largest absolute Gasteiger partial charge is 0.331 e. The minimum atomic E-state index is -0.00554. The quantitative estimate of drug-likeness (QED) is 0.772. The van der Waals surface area contributed by atoms with Crippen molar-refractivity contribution in [3.63, 3.8) is 0 Å². The van der Waals surface area contributed by atoms with Gasteiger partial charge in [-0.15, -0.1) is 0 Å². The van der Waals surface area contributed by atoms with Gasteiger partial charge < -0.3 is 9.88 Å². The minimum Gasteiger partial charge on any atom is -0.331 e. The number of nitrogens with zero attached hydrogens (tertiary/aromatic N) is 4. The van der Waals surface area contributed by atoms with E-state index in [0.29, 0.717) is 18.4 Å². The maximum atomic E-state index is 12.4. The zero-order chi connectivity index (χ0) is 19.0. The summed E-state index contributed by atoms with van der Waals surface area (Å²) in [4.78, 5) is 23.4. The fourth-order valence-electron chi connectivity index (χ4n) is 3.73. The number of likely N-dealkylation sites (tertiary alicyclic amines) is 1. The standard InChI is InChI=1S/C21H25N5O/c1-14-5-4-8-26(14)13-21(27)24-20-10-18-9-16(6-7-17(18)11-23-20)19-12-22-15(2)25(19)3/h6-7,9-12,14H,4-5,8,13H2,1-3H3,(H,23,24,27)/t14-/m0/s1. The average molecular weight is 363 g/mol. The zero-order valence-corrected chi connectivity index (χ0v) is 16.1.